The van der Waals surface area contributed by atoms with Crippen LogP contribution in [0.2, 0.25) is 0 Å². The van der Waals surface area contributed by atoms with E-state index in [4.69, 9.17) is 9.52 Å². The van der Waals surface area contributed by atoms with Crippen LogP contribution in [0.15, 0.2) is 59.0 Å². The van der Waals surface area contributed by atoms with Crippen molar-refractivity contribution in [2.45, 2.75) is 13.8 Å². The second-order valence-corrected chi connectivity index (χ2v) is 6.69. The number of aromatic carboxylic acids is 1. The zero-order valence-corrected chi connectivity index (χ0v) is 15.7. The molecule has 1 aromatic heterocycles. The number of aromatic nitrogens is 1. The number of hydrogen-bond acceptors (Lipinski definition) is 5. The molecule has 7 nitrogen and oxygen atoms in total. The van der Waals surface area contributed by atoms with Crippen LogP contribution >= 0.6 is 0 Å². The predicted molar refractivity (Wildman–Crippen MR) is 108 cm³/mol. The Morgan fingerprint density at radius 3 is 2.34 bits per heavy atom. The normalized spacial score (nSPS) is 11.0. The lowest BCUT2D eigenvalue weighted by Gasteiger charge is -2.12. The first-order valence-corrected chi connectivity index (χ1v) is 8.85. The van der Waals surface area contributed by atoms with Crippen molar-refractivity contribution in [2.75, 3.05) is 0 Å². The molecule has 3 aromatic carbocycles. The predicted octanol–water partition coefficient (Wildman–Crippen LogP) is 5.39. The Balaban J connectivity index is 1.86. The van der Waals surface area contributed by atoms with Gasteiger partial charge >= 0.3 is 5.97 Å². The Bertz CT molecular complexity index is 1290. The third-order valence-corrected chi connectivity index (χ3v) is 4.99. The molecule has 0 amide bonds. The number of carbonyl (C=O) groups is 1. The number of fused-ring (bicyclic) bond motifs is 1. The average Bonchev–Trinajstić information content (AvgIpc) is 3.11. The summed E-state index contributed by atoms with van der Waals surface area (Å²) in [5.74, 6) is -0.666. The molecule has 0 atom stereocenters. The van der Waals surface area contributed by atoms with Gasteiger partial charge in [-0.1, -0.05) is 24.3 Å². The van der Waals surface area contributed by atoms with Gasteiger partial charge in [0.25, 0.3) is 5.69 Å². The van der Waals surface area contributed by atoms with Crippen molar-refractivity contribution in [3.05, 3.63) is 81.4 Å². The third-order valence-electron chi connectivity index (χ3n) is 4.99. The summed E-state index contributed by atoms with van der Waals surface area (Å²) in [6.45, 7) is 3.63. The Labute approximate surface area is 165 Å². The Kier molecular flexibility index (Phi) is 4.35. The van der Waals surface area contributed by atoms with E-state index in [1.165, 1.54) is 18.2 Å². The molecule has 0 fully saturated rings. The molecule has 4 rings (SSSR count). The fourth-order valence-corrected chi connectivity index (χ4v) is 3.45. The molecule has 7 heteroatoms. The smallest absolute Gasteiger partial charge is 0.335 e. The quantitative estimate of drug-likeness (QED) is 0.371. The average molecular weight is 388 g/mol. The lowest BCUT2D eigenvalue weighted by molar-refractivity contribution is -0.385. The number of carboxylic acids is 1. The number of benzene rings is 3. The van der Waals surface area contributed by atoms with Gasteiger partial charge in [-0.2, -0.15) is 0 Å². The highest BCUT2D eigenvalue weighted by Crippen LogP contribution is 2.36. The molecule has 0 aliphatic heterocycles. The van der Waals surface area contributed by atoms with Crippen LogP contribution in [0.25, 0.3) is 33.7 Å². The van der Waals surface area contributed by atoms with Crippen molar-refractivity contribution >= 4 is 22.8 Å². The van der Waals surface area contributed by atoms with Gasteiger partial charge in [-0.25, -0.2) is 9.78 Å². The first-order chi connectivity index (χ1) is 13.9. The minimum atomic E-state index is -1.03. The van der Waals surface area contributed by atoms with Crippen molar-refractivity contribution in [1.82, 2.24) is 4.98 Å². The van der Waals surface area contributed by atoms with Crippen molar-refractivity contribution in [2.24, 2.45) is 0 Å². The highest BCUT2D eigenvalue weighted by molar-refractivity contribution is 5.92. The number of oxazole rings is 1. The van der Waals surface area contributed by atoms with Gasteiger partial charge in [0, 0.05) is 17.2 Å². The Hall–Kier alpha value is -4.00. The van der Waals surface area contributed by atoms with Crippen molar-refractivity contribution in [3.8, 4) is 22.6 Å². The fourth-order valence-electron chi connectivity index (χ4n) is 3.45. The largest absolute Gasteiger partial charge is 0.478 e. The van der Waals surface area contributed by atoms with Gasteiger partial charge in [-0.05, 0) is 54.8 Å². The van der Waals surface area contributed by atoms with E-state index in [-0.39, 0.29) is 11.3 Å². The number of nitrogens with zero attached hydrogens (tertiary/aromatic N) is 2. The molecule has 1 heterocycles. The summed E-state index contributed by atoms with van der Waals surface area (Å²) < 4.78 is 5.84. The van der Waals surface area contributed by atoms with Gasteiger partial charge in [0.15, 0.2) is 5.58 Å². The number of nitro benzene ring substituents is 1. The van der Waals surface area contributed by atoms with E-state index in [9.17, 15) is 14.9 Å². The molecule has 0 spiro atoms. The molecule has 0 aliphatic rings. The minimum absolute atomic E-state index is 0.0652. The molecule has 4 aromatic rings. The SMILES string of the molecule is Cc1c(-c2nc3cc(C(=O)O)ccc3o2)cccc1-c1cccc([N+](=O)[O-])c1C. The van der Waals surface area contributed by atoms with E-state index in [1.54, 1.807) is 19.1 Å². The van der Waals surface area contributed by atoms with Crippen LogP contribution in [0.3, 0.4) is 0 Å². The summed E-state index contributed by atoms with van der Waals surface area (Å²) in [6.07, 6.45) is 0. The zero-order valence-electron chi connectivity index (χ0n) is 15.7. The molecule has 1 N–H and O–H groups in total. The lowest BCUT2D eigenvalue weighted by atomic mass is 9.93. The number of hydrogen-bond donors (Lipinski definition) is 1. The minimum Gasteiger partial charge on any atom is -0.478 e. The van der Waals surface area contributed by atoms with Crippen LogP contribution < -0.4 is 0 Å². The van der Waals surface area contributed by atoms with E-state index in [0.717, 1.165) is 22.3 Å². The molecule has 0 saturated heterocycles. The molecule has 144 valence electrons. The van der Waals surface area contributed by atoms with Crippen LogP contribution in [0.5, 0.6) is 0 Å². The number of carboxylic acid groups (broad SMARTS) is 1. The number of rotatable bonds is 4. The molecule has 0 bridgehead atoms. The summed E-state index contributed by atoms with van der Waals surface area (Å²) in [6, 6.07) is 15.1. The second kappa shape index (κ2) is 6.87. The third kappa shape index (κ3) is 3.12. The van der Waals surface area contributed by atoms with E-state index in [2.05, 4.69) is 4.98 Å². The standard InChI is InChI=1S/C22H16N2O5/c1-12-15(16-6-4-8-19(13(16)2)24(27)28)5-3-7-17(12)21-23-18-11-14(22(25)26)9-10-20(18)29-21/h3-11H,1-2H3,(H,25,26). The van der Waals surface area contributed by atoms with Crippen LogP contribution in [-0.4, -0.2) is 21.0 Å². The van der Waals surface area contributed by atoms with Gasteiger partial charge in [0.05, 0.1) is 10.5 Å². The van der Waals surface area contributed by atoms with Crippen molar-refractivity contribution in [1.29, 1.82) is 0 Å². The maximum atomic E-state index is 11.3. The summed E-state index contributed by atoms with van der Waals surface area (Å²) in [4.78, 5) is 26.5. The summed E-state index contributed by atoms with van der Waals surface area (Å²) >= 11 is 0. The first-order valence-electron chi connectivity index (χ1n) is 8.85. The van der Waals surface area contributed by atoms with E-state index >= 15 is 0 Å². The maximum Gasteiger partial charge on any atom is 0.335 e. The fraction of sp³-hybridized carbons (Fsp3) is 0.0909. The monoisotopic (exact) mass is 388 g/mol. The lowest BCUT2D eigenvalue weighted by Crippen LogP contribution is -1.95. The van der Waals surface area contributed by atoms with Crippen molar-refractivity contribution < 1.29 is 19.2 Å². The van der Waals surface area contributed by atoms with Gasteiger partial charge in [0.1, 0.15) is 5.52 Å². The molecule has 0 unspecified atom stereocenters. The maximum absolute atomic E-state index is 11.3. The first kappa shape index (κ1) is 18.4. The second-order valence-electron chi connectivity index (χ2n) is 6.69. The summed E-state index contributed by atoms with van der Waals surface area (Å²) in [7, 11) is 0. The van der Waals surface area contributed by atoms with Crippen molar-refractivity contribution in [3.63, 3.8) is 0 Å². The molecule has 0 aliphatic carbocycles. The van der Waals surface area contributed by atoms with Crippen LogP contribution in [0.4, 0.5) is 5.69 Å². The molecule has 0 saturated carbocycles. The van der Waals surface area contributed by atoms with Gasteiger partial charge < -0.3 is 9.52 Å². The van der Waals surface area contributed by atoms with E-state index in [1.807, 2.05) is 31.2 Å². The molecular weight excluding hydrogens is 372 g/mol. The van der Waals surface area contributed by atoms with E-state index < -0.39 is 10.9 Å². The highest BCUT2D eigenvalue weighted by Gasteiger charge is 2.19. The zero-order chi connectivity index (χ0) is 20.7. The number of nitro groups is 1. The topological polar surface area (TPSA) is 106 Å². The molecule has 29 heavy (non-hydrogen) atoms. The Morgan fingerprint density at radius 2 is 1.66 bits per heavy atom. The molecule has 0 radical (unpaired) electrons. The molecular formula is C22H16N2O5. The van der Waals surface area contributed by atoms with Gasteiger partial charge in [0.2, 0.25) is 5.89 Å². The van der Waals surface area contributed by atoms with Crippen LogP contribution in [-0.2, 0) is 0 Å². The van der Waals surface area contributed by atoms with Crippen LogP contribution in [0.1, 0.15) is 21.5 Å². The van der Waals surface area contributed by atoms with Gasteiger partial charge in [-0.3, -0.25) is 10.1 Å². The Morgan fingerprint density at radius 1 is 1.00 bits per heavy atom. The summed E-state index contributed by atoms with van der Waals surface area (Å²) in [5, 5.41) is 20.4. The summed E-state index contributed by atoms with van der Waals surface area (Å²) in [5.41, 5.74) is 4.94. The highest BCUT2D eigenvalue weighted by atomic mass is 16.6. The van der Waals surface area contributed by atoms with Crippen LogP contribution in [0, 0.1) is 24.0 Å². The van der Waals surface area contributed by atoms with E-state index in [0.29, 0.717) is 22.6 Å². The van der Waals surface area contributed by atoms with Gasteiger partial charge in [-0.15, -0.1) is 0 Å².